The zero-order valence-electron chi connectivity index (χ0n) is 23.2. The molecule has 0 saturated carbocycles. The van der Waals surface area contributed by atoms with Crippen LogP contribution >= 0.6 is 27.5 Å². The third-order valence-electron chi connectivity index (χ3n) is 7.47. The zero-order valence-corrected chi connectivity index (χ0v) is 25.5. The molecule has 218 valence electrons. The number of hydrogen-bond acceptors (Lipinski definition) is 10. The SMILES string of the molecule is COc1nc(-c2cccc(-c3cccc(-c4cnc(CN5CC(O)C5)c(OC)n4)c3Br)c2Cl)cnc1CN1CC(O)C1. The minimum atomic E-state index is -0.290. The van der Waals surface area contributed by atoms with Gasteiger partial charge >= 0.3 is 0 Å². The van der Waals surface area contributed by atoms with Gasteiger partial charge in [0.15, 0.2) is 0 Å². The summed E-state index contributed by atoms with van der Waals surface area (Å²) in [5.41, 5.74) is 5.95. The molecule has 2 aliphatic heterocycles. The van der Waals surface area contributed by atoms with Gasteiger partial charge in [-0.1, -0.05) is 48.0 Å². The van der Waals surface area contributed by atoms with Gasteiger partial charge in [-0.25, -0.2) is 9.97 Å². The highest BCUT2D eigenvalue weighted by molar-refractivity contribution is 9.10. The Morgan fingerprint density at radius 1 is 0.762 bits per heavy atom. The monoisotopic (exact) mass is 652 g/mol. The van der Waals surface area contributed by atoms with E-state index in [2.05, 4.69) is 35.7 Å². The summed E-state index contributed by atoms with van der Waals surface area (Å²) in [5.74, 6) is 0.882. The summed E-state index contributed by atoms with van der Waals surface area (Å²) in [5, 5.41) is 19.7. The standard InChI is InChI=1S/C30H30BrClN6O4/c1-41-29-25(15-37-11-17(39)12-37)33-9-23(35-29)21-7-3-5-19(27(21)31)20-6-4-8-22(28(20)32)24-10-34-26(30(36-24)42-2)16-38-13-18(40)14-38/h3-10,17-18,39-40H,11-16H2,1-2H3. The Bertz CT molecular complexity index is 1490. The van der Waals surface area contributed by atoms with Crippen LogP contribution in [0.25, 0.3) is 33.6 Å². The third-order valence-corrected chi connectivity index (χ3v) is 8.73. The van der Waals surface area contributed by atoms with Crippen molar-refractivity contribution in [1.29, 1.82) is 0 Å². The summed E-state index contributed by atoms with van der Waals surface area (Å²) >= 11 is 10.8. The van der Waals surface area contributed by atoms with E-state index in [9.17, 15) is 10.2 Å². The van der Waals surface area contributed by atoms with Crippen molar-refractivity contribution < 1.29 is 19.7 Å². The van der Waals surface area contributed by atoms with Gasteiger partial charge in [-0.3, -0.25) is 19.8 Å². The molecule has 2 fully saturated rings. The number of aliphatic hydroxyl groups is 2. The number of halogens is 2. The van der Waals surface area contributed by atoms with Gasteiger partial charge in [-0.15, -0.1) is 0 Å². The fraction of sp³-hybridized carbons (Fsp3) is 0.333. The van der Waals surface area contributed by atoms with E-state index in [4.69, 9.17) is 31.0 Å². The molecule has 0 bridgehead atoms. The van der Waals surface area contributed by atoms with Crippen LogP contribution < -0.4 is 9.47 Å². The molecule has 42 heavy (non-hydrogen) atoms. The summed E-state index contributed by atoms with van der Waals surface area (Å²) in [6.07, 6.45) is 2.86. The van der Waals surface area contributed by atoms with E-state index in [0.29, 0.717) is 73.1 Å². The number of rotatable bonds is 9. The Balaban J connectivity index is 1.30. The molecule has 2 saturated heterocycles. The summed E-state index contributed by atoms with van der Waals surface area (Å²) in [4.78, 5) is 22.9. The van der Waals surface area contributed by atoms with Crippen LogP contribution in [0.5, 0.6) is 11.8 Å². The maximum absolute atomic E-state index is 9.60. The molecule has 2 N–H and O–H groups in total. The fourth-order valence-corrected chi connectivity index (χ4v) is 6.25. The van der Waals surface area contributed by atoms with Crippen LogP contribution in [-0.2, 0) is 13.1 Å². The number of nitrogens with zero attached hydrogens (tertiary/aromatic N) is 6. The lowest BCUT2D eigenvalue weighted by molar-refractivity contribution is -0.00422. The number of hydrogen-bond donors (Lipinski definition) is 2. The first-order valence-electron chi connectivity index (χ1n) is 13.5. The Hall–Kier alpha value is -3.19. The molecule has 2 aromatic carbocycles. The minimum absolute atomic E-state index is 0.285. The molecular weight excluding hydrogens is 624 g/mol. The first-order chi connectivity index (χ1) is 20.3. The molecule has 2 aromatic heterocycles. The number of methoxy groups -OCH3 is 2. The summed E-state index contributed by atoms with van der Waals surface area (Å²) < 4.78 is 11.9. The van der Waals surface area contributed by atoms with Crippen molar-refractivity contribution in [3.8, 4) is 45.4 Å². The van der Waals surface area contributed by atoms with Crippen LogP contribution in [0, 0.1) is 0 Å². The van der Waals surface area contributed by atoms with Gasteiger partial charge in [0, 0.05) is 60.4 Å². The number of likely N-dealkylation sites (tertiary alicyclic amines) is 2. The van der Waals surface area contributed by atoms with Gasteiger partial charge in [0.1, 0.15) is 11.4 Å². The average Bonchev–Trinajstić information content (AvgIpc) is 2.96. The maximum Gasteiger partial charge on any atom is 0.237 e. The molecule has 0 unspecified atom stereocenters. The molecule has 6 rings (SSSR count). The topological polar surface area (TPSA) is 117 Å². The van der Waals surface area contributed by atoms with Crippen molar-refractivity contribution in [3.05, 3.63) is 69.7 Å². The highest BCUT2D eigenvalue weighted by Crippen LogP contribution is 2.42. The van der Waals surface area contributed by atoms with E-state index < -0.39 is 0 Å². The normalized spacial score (nSPS) is 16.2. The van der Waals surface area contributed by atoms with E-state index in [0.717, 1.165) is 32.4 Å². The Labute approximate surface area is 257 Å². The van der Waals surface area contributed by atoms with Gasteiger partial charge in [-0.2, -0.15) is 0 Å². The van der Waals surface area contributed by atoms with Gasteiger partial charge in [0.2, 0.25) is 11.8 Å². The van der Waals surface area contributed by atoms with E-state index in [1.807, 2.05) is 36.4 Å². The molecule has 0 atom stereocenters. The van der Waals surface area contributed by atoms with Gasteiger partial charge < -0.3 is 19.7 Å². The van der Waals surface area contributed by atoms with Crippen LogP contribution in [0.2, 0.25) is 5.02 Å². The van der Waals surface area contributed by atoms with Crippen LogP contribution in [0.4, 0.5) is 0 Å². The predicted molar refractivity (Wildman–Crippen MR) is 162 cm³/mol. The molecule has 0 spiro atoms. The molecule has 0 aliphatic carbocycles. The van der Waals surface area contributed by atoms with Crippen molar-refractivity contribution in [2.75, 3.05) is 40.4 Å². The van der Waals surface area contributed by atoms with Crippen LogP contribution in [0.3, 0.4) is 0 Å². The highest BCUT2D eigenvalue weighted by atomic mass is 79.9. The molecule has 4 heterocycles. The smallest absolute Gasteiger partial charge is 0.237 e. The maximum atomic E-state index is 9.60. The minimum Gasteiger partial charge on any atom is -0.480 e. The Kier molecular flexibility index (Phi) is 8.39. The van der Waals surface area contributed by atoms with Crippen LogP contribution in [0.1, 0.15) is 11.4 Å². The van der Waals surface area contributed by atoms with Crippen molar-refractivity contribution in [2.45, 2.75) is 25.3 Å². The lowest BCUT2D eigenvalue weighted by Gasteiger charge is -2.35. The second kappa shape index (κ2) is 12.2. The molecular formula is C30H30BrClN6O4. The molecule has 2 aliphatic rings. The summed E-state index contributed by atoms with van der Waals surface area (Å²) in [6, 6.07) is 11.7. The van der Waals surface area contributed by atoms with Crippen molar-refractivity contribution in [2.24, 2.45) is 0 Å². The third kappa shape index (κ3) is 5.72. The van der Waals surface area contributed by atoms with Crippen molar-refractivity contribution >= 4 is 27.5 Å². The summed E-state index contributed by atoms with van der Waals surface area (Å²) in [6.45, 7) is 3.57. The number of ether oxygens (including phenoxy) is 2. The first kappa shape index (κ1) is 28.9. The van der Waals surface area contributed by atoms with Crippen LogP contribution in [0.15, 0.2) is 53.3 Å². The first-order valence-corrected chi connectivity index (χ1v) is 14.7. The molecule has 10 nitrogen and oxygen atoms in total. The van der Waals surface area contributed by atoms with E-state index in [1.165, 1.54) is 0 Å². The van der Waals surface area contributed by atoms with Crippen molar-refractivity contribution in [3.63, 3.8) is 0 Å². The fourth-order valence-electron chi connectivity index (χ4n) is 5.24. The number of aliphatic hydroxyl groups excluding tert-OH is 2. The highest BCUT2D eigenvalue weighted by Gasteiger charge is 2.27. The average molecular weight is 654 g/mol. The second-order valence-corrected chi connectivity index (χ2v) is 11.6. The largest absolute Gasteiger partial charge is 0.480 e. The molecule has 12 heteroatoms. The lowest BCUT2D eigenvalue weighted by Crippen LogP contribution is -2.50. The molecule has 4 aromatic rings. The number of β-amino-alcohol motifs (C(OH)–C–C–N with tert-alkyl or cyclic N) is 2. The number of aromatic nitrogens is 4. The van der Waals surface area contributed by atoms with Crippen molar-refractivity contribution in [1.82, 2.24) is 29.7 Å². The lowest BCUT2D eigenvalue weighted by atomic mass is 9.99. The second-order valence-electron chi connectivity index (χ2n) is 10.5. The van der Waals surface area contributed by atoms with Gasteiger partial charge in [0.05, 0.1) is 55.2 Å². The summed E-state index contributed by atoms with van der Waals surface area (Å²) in [7, 11) is 3.15. The zero-order chi connectivity index (χ0) is 29.4. The van der Waals surface area contributed by atoms with E-state index >= 15 is 0 Å². The number of benzene rings is 2. The van der Waals surface area contributed by atoms with Gasteiger partial charge in [-0.05, 0) is 21.5 Å². The predicted octanol–water partition coefficient (Wildman–Crippen LogP) is 4.05. The Morgan fingerprint density at radius 3 is 1.71 bits per heavy atom. The van der Waals surface area contributed by atoms with Gasteiger partial charge in [0.25, 0.3) is 0 Å². The van der Waals surface area contributed by atoms with E-state index in [1.54, 1.807) is 26.6 Å². The molecule has 0 amide bonds. The van der Waals surface area contributed by atoms with E-state index in [-0.39, 0.29) is 12.2 Å². The molecule has 0 radical (unpaired) electrons. The quantitative estimate of drug-likeness (QED) is 0.274. The van der Waals surface area contributed by atoms with Crippen LogP contribution in [-0.4, -0.2) is 92.6 Å². The Morgan fingerprint density at radius 2 is 1.21 bits per heavy atom.